The Morgan fingerprint density at radius 3 is 2.57 bits per heavy atom. The quantitative estimate of drug-likeness (QED) is 0.765. The minimum atomic E-state index is -3.68. The van der Waals surface area contributed by atoms with Gasteiger partial charge in [0.25, 0.3) is 0 Å². The van der Waals surface area contributed by atoms with E-state index in [1.165, 1.54) is 17.4 Å². The number of nitrogens with one attached hydrogen (secondary N) is 1. The van der Waals surface area contributed by atoms with E-state index in [1.54, 1.807) is 12.1 Å². The molecule has 3 N–H and O–H groups in total. The van der Waals surface area contributed by atoms with Crippen LogP contribution in [0.15, 0.2) is 45.1 Å². The van der Waals surface area contributed by atoms with E-state index in [0.717, 1.165) is 4.88 Å². The number of sulfonamides is 1. The first-order chi connectivity index (χ1) is 9.81. The first-order valence-electron chi connectivity index (χ1n) is 6.42. The van der Waals surface area contributed by atoms with Gasteiger partial charge in [-0.15, -0.1) is 11.3 Å². The standard InChI is InChI=1S/C14H17BrN2O2S2/c1-9(2)14(12-4-3-7-20-12)17-21(18,19)13-8-10(15)5-6-11(13)16/h3-9,14,17H,16H2,1-2H3. The Balaban J connectivity index is 2.37. The fraction of sp³-hybridized carbons (Fsp3) is 0.286. The second kappa shape index (κ2) is 6.48. The van der Waals surface area contributed by atoms with Crippen molar-refractivity contribution in [3.05, 3.63) is 45.1 Å². The lowest BCUT2D eigenvalue weighted by Gasteiger charge is -2.21. The van der Waals surface area contributed by atoms with Gasteiger partial charge in [-0.1, -0.05) is 35.8 Å². The van der Waals surface area contributed by atoms with Gasteiger partial charge in [0, 0.05) is 9.35 Å². The summed E-state index contributed by atoms with van der Waals surface area (Å²) in [5.74, 6) is 0.131. The largest absolute Gasteiger partial charge is 0.398 e. The fourth-order valence-corrected chi connectivity index (χ4v) is 5.02. The molecule has 114 valence electrons. The van der Waals surface area contributed by atoms with Gasteiger partial charge in [-0.3, -0.25) is 0 Å². The zero-order valence-electron chi connectivity index (χ0n) is 11.7. The SMILES string of the molecule is CC(C)C(NS(=O)(=O)c1cc(Br)ccc1N)c1cccs1. The molecule has 2 aromatic rings. The van der Waals surface area contributed by atoms with Crippen LogP contribution < -0.4 is 10.5 Å². The number of nitrogens with two attached hydrogens (primary N) is 1. The lowest BCUT2D eigenvalue weighted by molar-refractivity contribution is 0.469. The van der Waals surface area contributed by atoms with Crippen molar-refractivity contribution in [1.29, 1.82) is 0 Å². The van der Waals surface area contributed by atoms with E-state index in [9.17, 15) is 8.42 Å². The first-order valence-corrected chi connectivity index (χ1v) is 9.57. The molecule has 7 heteroatoms. The van der Waals surface area contributed by atoms with Crippen LogP contribution in [0.2, 0.25) is 0 Å². The molecule has 1 unspecified atom stereocenters. The van der Waals surface area contributed by atoms with Crippen molar-refractivity contribution in [3.8, 4) is 0 Å². The lowest BCUT2D eigenvalue weighted by atomic mass is 10.0. The minimum Gasteiger partial charge on any atom is -0.398 e. The van der Waals surface area contributed by atoms with Crippen LogP contribution in [0.25, 0.3) is 0 Å². The van der Waals surface area contributed by atoms with Gasteiger partial charge in [-0.2, -0.15) is 0 Å². The highest BCUT2D eigenvalue weighted by molar-refractivity contribution is 9.10. The van der Waals surface area contributed by atoms with E-state index in [-0.39, 0.29) is 22.5 Å². The second-order valence-electron chi connectivity index (χ2n) is 5.04. The maximum Gasteiger partial charge on any atom is 0.243 e. The van der Waals surface area contributed by atoms with E-state index in [4.69, 9.17) is 5.73 Å². The molecular weight excluding hydrogens is 372 g/mol. The monoisotopic (exact) mass is 388 g/mol. The Morgan fingerprint density at radius 1 is 1.29 bits per heavy atom. The molecule has 0 fully saturated rings. The topological polar surface area (TPSA) is 72.2 Å². The summed E-state index contributed by atoms with van der Waals surface area (Å²) in [7, 11) is -3.68. The van der Waals surface area contributed by atoms with E-state index in [0.29, 0.717) is 4.47 Å². The van der Waals surface area contributed by atoms with Crippen molar-refractivity contribution >= 4 is 43.0 Å². The number of halogens is 1. The van der Waals surface area contributed by atoms with E-state index >= 15 is 0 Å². The van der Waals surface area contributed by atoms with Crippen molar-refractivity contribution in [3.63, 3.8) is 0 Å². The van der Waals surface area contributed by atoms with Gasteiger partial charge in [0.15, 0.2) is 0 Å². The van der Waals surface area contributed by atoms with Crippen LogP contribution in [0, 0.1) is 5.92 Å². The Morgan fingerprint density at radius 2 is 2.00 bits per heavy atom. The van der Waals surface area contributed by atoms with Crippen LogP contribution in [0.4, 0.5) is 5.69 Å². The highest BCUT2D eigenvalue weighted by Crippen LogP contribution is 2.29. The molecular formula is C14H17BrN2O2S2. The summed E-state index contributed by atoms with van der Waals surface area (Å²) in [5, 5.41) is 1.94. The molecule has 0 saturated carbocycles. The normalized spacial score (nSPS) is 13.5. The highest BCUT2D eigenvalue weighted by atomic mass is 79.9. The van der Waals surface area contributed by atoms with Crippen LogP contribution in [-0.4, -0.2) is 8.42 Å². The number of hydrogen-bond donors (Lipinski definition) is 2. The van der Waals surface area contributed by atoms with Crippen molar-refractivity contribution in [1.82, 2.24) is 4.72 Å². The van der Waals surface area contributed by atoms with Crippen molar-refractivity contribution < 1.29 is 8.42 Å². The summed E-state index contributed by atoms with van der Waals surface area (Å²) < 4.78 is 28.7. The smallest absolute Gasteiger partial charge is 0.243 e. The number of thiophene rings is 1. The summed E-state index contributed by atoms with van der Waals surface area (Å²) >= 11 is 4.81. The third-order valence-corrected chi connectivity index (χ3v) is 6.01. The molecule has 0 amide bonds. The third kappa shape index (κ3) is 3.85. The molecule has 1 aromatic carbocycles. The molecule has 0 bridgehead atoms. The zero-order chi connectivity index (χ0) is 15.6. The van der Waals surface area contributed by atoms with Crippen LogP contribution in [0.3, 0.4) is 0 Å². The third-order valence-electron chi connectivity index (χ3n) is 3.06. The average Bonchev–Trinajstić information content (AvgIpc) is 2.92. The van der Waals surface area contributed by atoms with Crippen LogP contribution >= 0.6 is 27.3 Å². The Bertz CT molecular complexity index is 713. The molecule has 0 aliphatic carbocycles. The molecule has 0 aliphatic heterocycles. The molecule has 1 heterocycles. The van der Waals surface area contributed by atoms with Crippen LogP contribution in [0.1, 0.15) is 24.8 Å². The summed E-state index contributed by atoms with van der Waals surface area (Å²) in [6, 6.07) is 8.39. The van der Waals surface area contributed by atoms with Gasteiger partial charge in [0.05, 0.1) is 11.7 Å². The van der Waals surface area contributed by atoms with Crippen LogP contribution in [-0.2, 0) is 10.0 Å². The molecule has 1 atom stereocenters. The Labute approximate surface area is 137 Å². The molecule has 0 radical (unpaired) electrons. The van der Waals surface area contributed by atoms with E-state index in [1.807, 2.05) is 31.4 Å². The first kappa shape index (κ1) is 16.5. The average molecular weight is 389 g/mol. The number of benzene rings is 1. The van der Waals surface area contributed by atoms with Crippen molar-refractivity contribution in [2.75, 3.05) is 5.73 Å². The van der Waals surface area contributed by atoms with E-state index < -0.39 is 10.0 Å². The molecule has 4 nitrogen and oxygen atoms in total. The fourth-order valence-electron chi connectivity index (χ4n) is 1.96. The minimum absolute atomic E-state index is 0.0964. The molecule has 21 heavy (non-hydrogen) atoms. The highest BCUT2D eigenvalue weighted by Gasteiger charge is 2.26. The predicted molar refractivity (Wildman–Crippen MR) is 90.8 cm³/mol. The maximum atomic E-state index is 12.6. The van der Waals surface area contributed by atoms with Crippen molar-refractivity contribution in [2.45, 2.75) is 24.8 Å². The van der Waals surface area contributed by atoms with Gasteiger partial charge in [0.1, 0.15) is 4.90 Å². The van der Waals surface area contributed by atoms with Crippen molar-refractivity contribution in [2.24, 2.45) is 5.92 Å². The summed E-state index contributed by atoms with van der Waals surface area (Å²) in [6.07, 6.45) is 0. The van der Waals surface area contributed by atoms with E-state index in [2.05, 4.69) is 20.7 Å². The van der Waals surface area contributed by atoms with Gasteiger partial charge in [-0.05, 0) is 35.6 Å². The predicted octanol–water partition coefficient (Wildman–Crippen LogP) is 3.77. The number of hydrogen-bond acceptors (Lipinski definition) is 4. The Kier molecular flexibility index (Phi) is 5.08. The van der Waals surface area contributed by atoms with Gasteiger partial charge in [0.2, 0.25) is 10.0 Å². The Hall–Kier alpha value is -0.890. The van der Waals surface area contributed by atoms with Gasteiger partial charge >= 0.3 is 0 Å². The molecule has 0 spiro atoms. The van der Waals surface area contributed by atoms with Gasteiger partial charge < -0.3 is 5.73 Å². The van der Waals surface area contributed by atoms with Crippen LogP contribution in [0.5, 0.6) is 0 Å². The second-order valence-corrected chi connectivity index (χ2v) is 8.62. The zero-order valence-corrected chi connectivity index (χ0v) is 14.9. The summed E-state index contributed by atoms with van der Waals surface area (Å²) in [5.41, 5.74) is 6.04. The van der Waals surface area contributed by atoms with Gasteiger partial charge in [-0.25, -0.2) is 13.1 Å². The number of nitrogen functional groups attached to an aromatic ring is 1. The number of rotatable bonds is 5. The summed E-state index contributed by atoms with van der Waals surface area (Å²) in [4.78, 5) is 1.08. The maximum absolute atomic E-state index is 12.6. The summed E-state index contributed by atoms with van der Waals surface area (Å²) in [6.45, 7) is 3.97. The molecule has 0 aliphatic rings. The molecule has 2 rings (SSSR count). The molecule has 0 saturated heterocycles. The lowest BCUT2D eigenvalue weighted by Crippen LogP contribution is -2.31. The number of anilines is 1. The molecule has 1 aromatic heterocycles.